The van der Waals surface area contributed by atoms with Gasteiger partial charge in [-0.3, -0.25) is 0 Å². The van der Waals surface area contributed by atoms with Crippen LogP contribution in [0.15, 0.2) is 72.8 Å². The number of thiocarbonyl (C=S) groups is 1. The van der Waals surface area contributed by atoms with Crippen molar-refractivity contribution < 1.29 is 4.74 Å². The van der Waals surface area contributed by atoms with Gasteiger partial charge in [0.15, 0.2) is 0 Å². The molecule has 2 heteroatoms. The van der Waals surface area contributed by atoms with E-state index in [4.69, 9.17) is 17.0 Å². The summed E-state index contributed by atoms with van der Waals surface area (Å²) < 4.78 is 5.24. The normalized spacial score (nSPS) is 10.3. The maximum absolute atomic E-state index is 5.74. The second-order valence-electron chi connectivity index (χ2n) is 5.47. The Kier molecular flexibility index (Phi) is 4.54. The fourth-order valence-electron chi connectivity index (χ4n) is 2.56. The highest BCUT2D eigenvalue weighted by Gasteiger charge is 2.11. The van der Waals surface area contributed by atoms with Gasteiger partial charge in [0, 0.05) is 5.56 Å². The predicted octanol–water partition coefficient (Wildman–Crippen LogP) is 5.44. The van der Waals surface area contributed by atoms with Crippen LogP contribution in [0.2, 0.25) is 0 Å². The van der Waals surface area contributed by atoms with Crippen molar-refractivity contribution in [3.05, 3.63) is 89.5 Å². The van der Waals surface area contributed by atoms with E-state index in [9.17, 15) is 0 Å². The average molecular weight is 318 g/mol. The molecular formula is C21H18OS. The average Bonchev–Trinajstić information content (AvgIpc) is 2.62. The molecule has 0 aliphatic heterocycles. The maximum Gasteiger partial charge on any atom is 0.118 e. The number of benzene rings is 3. The zero-order valence-electron chi connectivity index (χ0n) is 13.2. The number of hydrogen-bond acceptors (Lipinski definition) is 2. The monoisotopic (exact) mass is 318 g/mol. The molecule has 114 valence electrons. The lowest BCUT2D eigenvalue weighted by atomic mass is 9.94. The van der Waals surface area contributed by atoms with Crippen LogP contribution in [-0.4, -0.2) is 12.0 Å². The Balaban J connectivity index is 2.03. The van der Waals surface area contributed by atoms with Gasteiger partial charge >= 0.3 is 0 Å². The minimum atomic E-state index is 0.854. The van der Waals surface area contributed by atoms with E-state index in [0.29, 0.717) is 0 Å². The van der Waals surface area contributed by atoms with Crippen molar-refractivity contribution in [2.75, 3.05) is 7.11 Å². The summed E-state index contributed by atoms with van der Waals surface area (Å²) >= 11 is 5.74. The zero-order chi connectivity index (χ0) is 16.2. The second kappa shape index (κ2) is 6.76. The summed E-state index contributed by atoms with van der Waals surface area (Å²) in [6.45, 7) is 2.08. The van der Waals surface area contributed by atoms with Crippen LogP contribution in [0.25, 0.3) is 11.1 Å². The van der Waals surface area contributed by atoms with Crippen LogP contribution in [0.4, 0.5) is 0 Å². The van der Waals surface area contributed by atoms with E-state index in [1.54, 1.807) is 7.11 Å². The lowest BCUT2D eigenvalue weighted by molar-refractivity contribution is 0.415. The molecule has 0 bridgehead atoms. The van der Waals surface area contributed by atoms with Crippen LogP contribution in [0.5, 0.6) is 5.75 Å². The van der Waals surface area contributed by atoms with Gasteiger partial charge in [-0.1, -0.05) is 78.4 Å². The van der Waals surface area contributed by atoms with E-state index in [2.05, 4.69) is 55.5 Å². The Bertz CT molecular complexity index is 817. The molecule has 0 aromatic heterocycles. The molecule has 0 saturated heterocycles. The number of methoxy groups -OCH3 is 1. The van der Waals surface area contributed by atoms with Crippen molar-refractivity contribution in [3.63, 3.8) is 0 Å². The molecule has 0 aliphatic carbocycles. The third-order valence-corrected chi connectivity index (χ3v) is 4.34. The first-order chi connectivity index (χ1) is 11.2. The Morgan fingerprint density at radius 2 is 1.48 bits per heavy atom. The summed E-state index contributed by atoms with van der Waals surface area (Å²) in [5.74, 6) is 0.854. The maximum atomic E-state index is 5.74. The molecule has 0 heterocycles. The smallest absolute Gasteiger partial charge is 0.118 e. The molecule has 0 spiro atoms. The summed E-state index contributed by atoms with van der Waals surface area (Å²) in [5.41, 5.74) is 5.67. The fourth-order valence-corrected chi connectivity index (χ4v) is 2.88. The van der Waals surface area contributed by atoms with Gasteiger partial charge in [0.1, 0.15) is 5.75 Å². The van der Waals surface area contributed by atoms with Gasteiger partial charge < -0.3 is 4.74 Å². The molecule has 0 N–H and O–H groups in total. The minimum Gasteiger partial charge on any atom is -0.497 e. The van der Waals surface area contributed by atoms with Crippen LogP contribution in [-0.2, 0) is 0 Å². The number of hydrogen-bond donors (Lipinski definition) is 0. The van der Waals surface area contributed by atoms with E-state index in [1.807, 2.05) is 24.3 Å². The molecule has 0 amide bonds. The molecule has 1 nitrogen and oxygen atoms in total. The lowest BCUT2D eigenvalue weighted by Gasteiger charge is -2.12. The Morgan fingerprint density at radius 3 is 2.13 bits per heavy atom. The summed E-state index contributed by atoms with van der Waals surface area (Å²) in [6, 6.07) is 24.7. The van der Waals surface area contributed by atoms with Gasteiger partial charge in [0.2, 0.25) is 0 Å². The van der Waals surface area contributed by atoms with E-state index < -0.39 is 0 Å². The molecule has 0 radical (unpaired) electrons. The highest BCUT2D eigenvalue weighted by atomic mass is 32.1. The molecule has 3 rings (SSSR count). The molecule has 3 aromatic carbocycles. The fraction of sp³-hybridized carbons (Fsp3) is 0.0952. The van der Waals surface area contributed by atoms with Crippen LogP contribution in [0.3, 0.4) is 0 Å². The molecule has 0 fully saturated rings. The van der Waals surface area contributed by atoms with Gasteiger partial charge in [-0.05, 0) is 35.7 Å². The van der Waals surface area contributed by atoms with E-state index in [0.717, 1.165) is 32.9 Å². The van der Waals surface area contributed by atoms with E-state index in [1.165, 1.54) is 5.56 Å². The number of aryl methyl sites for hydroxylation is 1. The Morgan fingerprint density at radius 1 is 0.826 bits per heavy atom. The van der Waals surface area contributed by atoms with Crippen molar-refractivity contribution in [3.8, 4) is 16.9 Å². The van der Waals surface area contributed by atoms with Crippen molar-refractivity contribution in [1.82, 2.24) is 0 Å². The largest absolute Gasteiger partial charge is 0.497 e. The minimum absolute atomic E-state index is 0.854. The lowest BCUT2D eigenvalue weighted by Crippen LogP contribution is -2.02. The first-order valence-electron chi connectivity index (χ1n) is 7.54. The molecule has 3 aromatic rings. The van der Waals surface area contributed by atoms with Crippen LogP contribution in [0.1, 0.15) is 16.7 Å². The first-order valence-corrected chi connectivity index (χ1v) is 7.94. The number of rotatable bonds is 4. The van der Waals surface area contributed by atoms with Gasteiger partial charge in [-0.2, -0.15) is 0 Å². The van der Waals surface area contributed by atoms with Crippen LogP contribution in [0, 0.1) is 6.92 Å². The quantitative estimate of drug-likeness (QED) is 0.468. The van der Waals surface area contributed by atoms with Crippen molar-refractivity contribution in [2.45, 2.75) is 6.92 Å². The summed E-state index contributed by atoms with van der Waals surface area (Å²) in [6.07, 6.45) is 0. The molecule has 0 aliphatic rings. The summed E-state index contributed by atoms with van der Waals surface area (Å²) in [5, 5.41) is 0. The van der Waals surface area contributed by atoms with E-state index in [-0.39, 0.29) is 0 Å². The second-order valence-corrected chi connectivity index (χ2v) is 5.88. The Hall–Kier alpha value is -2.45. The van der Waals surface area contributed by atoms with Gasteiger partial charge in [0.25, 0.3) is 0 Å². The first kappa shape index (κ1) is 15.4. The van der Waals surface area contributed by atoms with Crippen molar-refractivity contribution >= 4 is 17.1 Å². The Labute approximate surface area is 142 Å². The van der Waals surface area contributed by atoms with Gasteiger partial charge in [-0.25, -0.2) is 0 Å². The van der Waals surface area contributed by atoms with E-state index >= 15 is 0 Å². The van der Waals surface area contributed by atoms with Gasteiger partial charge in [-0.15, -0.1) is 0 Å². The molecular weight excluding hydrogens is 300 g/mol. The third-order valence-electron chi connectivity index (χ3n) is 3.89. The molecule has 23 heavy (non-hydrogen) atoms. The molecule has 0 saturated carbocycles. The number of ether oxygens (including phenoxy) is 1. The highest BCUT2D eigenvalue weighted by molar-refractivity contribution is 7.81. The predicted molar refractivity (Wildman–Crippen MR) is 100 cm³/mol. The van der Waals surface area contributed by atoms with Gasteiger partial charge in [0.05, 0.1) is 12.0 Å². The summed E-state index contributed by atoms with van der Waals surface area (Å²) in [7, 11) is 1.68. The zero-order valence-corrected chi connectivity index (χ0v) is 14.1. The van der Waals surface area contributed by atoms with Crippen molar-refractivity contribution in [1.29, 1.82) is 0 Å². The van der Waals surface area contributed by atoms with Crippen LogP contribution < -0.4 is 4.74 Å². The third kappa shape index (κ3) is 3.33. The van der Waals surface area contributed by atoms with Crippen LogP contribution >= 0.6 is 12.2 Å². The molecule has 0 unspecified atom stereocenters. The molecule has 0 atom stereocenters. The highest BCUT2D eigenvalue weighted by Crippen LogP contribution is 2.28. The van der Waals surface area contributed by atoms with Crippen molar-refractivity contribution in [2.24, 2.45) is 0 Å². The topological polar surface area (TPSA) is 9.23 Å². The standard InChI is InChI=1S/C21H18OS/c1-15-7-9-17(10-8-15)21(23)20-6-4-3-5-19(20)16-11-13-18(22-2)14-12-16/h3-14H,1-2H3. The summed E-state index contributed by atoms with van der Waals surface area (Å²) in [4.78, 5) is 0.872. The SMILES string of the molecule is COc1ccc(-c2ccccc2C(=S)c2ccc(C)cc2)cc1.